The molecule has 1 heterocycles. The Bertz CT molecular complexity index is 908. The number of quaternary nitrogens is 1. The van der Waals surface area contributed by atoms with E-state index in [4.69, 9.17) is 0 Å². The van der Waals surface area contributed by atoms with E-state index < -0.39 is 0 Å². The van der Waals surface area contributed by atoms with Gasteiger partial charge in [-0.05, 0) is 45.1 Å². The first-order chi connectivity index (χ1) is 14.5. The predicted molar refractivity (Wildman–Crippen MR) is 119 cm³/mol. The second-order valence-corrected chi connectivity index (χ2v) is 8.67. The first kappa shape index (κ1) is 22.2. The first-order valence-corrected chi connectivity index (χ1v) is 11.5. The SMILES string of the molecule is CCNC(=O)C[NH+](CC)CC(=O)Nc1sc2c(c1C(=O)c1ccccc1)CCCC2. The third-order valence-corrected chi connectivity index (χ3v) is 6.59. The van der Waals surface area contributed by atoms with Crippen LogP contribution in [0, 0.1) is 0 Å². The topological polar surface area (TPSA) is 79.7 Å². The molecule has 2 amide bonds. The molecular weight excluding hydrogens is 398 g/mol. The van der Waals surface area contributed by atoms with Crippen LogP contribution in [0.3, 0.4) is 0 Å². The van der Waals surface area contributed by atoms with Crippen molar-refractivity contribution in [2.75, 3.05) is 31.5 Å². The fourth-order valence-electron chi connectivity index (χ4n) is 3.83. The lowest BCUT2D eigenvalue weighted by atomic mass is 9.92. The van der Waals surface area contributed by atoms with E-state index in [2.05, 4.69) is 10.6 Å². The Morgan fingerprint density at radius 3 is 2.40 bits per heavy atom. The van der Waals surface area contributed by atoms with E-state index in [0.717, 1.165) is 36.1 Å². The van der Waals surface area contributed by atoms with Crippen molar-refractivity contribution in [3.05, 3.63) is 51.9 Å². The van der Waals surface area contributed by atoms with E-state index in [1.807, 2.05) is 44.2 Å². The van der Waals surface area contributed by atoms with Crippen LogP contribution >= 0.6 is 11.3 Å². The van der Waals surface area contributed by atoms with Crippen molar-refractivity contribution in [1.82, 2.24) is 5.32 Å². The molecular formula is C23H30N3O3S+. The van der Waals surface area contributed by atoms with Crippen molar-refractivity contribution in [2.24, 2.45) is 0 Å². The van der Waals surface area contributed by atoms with Gasteiger partial charge in [-0.25, -0.2) is 0 Å². The Labute approximate surface area is 181 Å². The van der Waals surface area contributed by atoms with Crippen LogP contribution in [-0.4, -0.2) is 43.8 Å². The largest absolute Gasteiger partial charge is 0.351 e. The molecule has 1 aromatic carbocycles. The molecule has 30 heavy (non-hydrogen) atoms. The molecule has 160 valence electrons. The highest BCUT2D eigenvalue weighted by Gasteiger charge is 2.27. The van der Waals surface area contributed by atoms with E-state index in [9.17, 15) is 14.4 Å². The van der Waals surface area contributed by atoms with Crippen LogP contribution in [0.15, 0.2) is 30.3 Å². The van der Waals surface area contributed by atoms with E-state index in [1.54, 1.807) is 0 Å². The summed E-state index contributed by atoms with van der Waals surface area (Å²) in [5, 5.41) is 6.42. The summed E-state index contributed by atoms with van der Waals surface area (Å²) < 4.78 is 0. The number of nitrogens with one attached hydrogen (secondary N) is 3. The van der Waals surface area contributed by atoms with Gasteiger partial charge in [0, 0.05) is 17.0 Å². The number of aryl methyl sites for hydroxylation is 1. The molecule has 1 unspecified atom stereocenters. The number of hydrogen-bond donors (Lipinski definition) is 3. The number of carbonyl (C=O) groups excluding carboxylic acids is 3. The minimum atomic E-state index is -0.170. The van der Waals surface area contributed by atoms with Crippen LogP contribution in [0.5, 0.6) is 0 Å². The maximum atomic E-state index is 13.3. The van der Waals surface area contributed by atoms with Gasteiger partial charge in [0.2, 0.25) is 0 Å². The normalized spacial score (nSPS) is 13.9. The lowest BCUT2D eigenvalue weighted by Gasteiger charge is -2.17. The molecule has 2 aromatic rings. The molecule has 1 aliphatic rings. The van der Waals surface area contributed by atoms with Crippen molar-refractivity contribution < 1.29 is 19.3 Å². The fraction of sp³-hybridized carbons (Fsp3) is 0.435. The number of thiophene rings is 1. The number of fused-ring (bicyclic) bond motifs is 1. The van der Waals surface area contributed by atoms with Crippen molar-refractivity contribution >= 4 is 33.9 Å². The molecule has 0 radical (unpaired) electrons. The van der Waals surface area contributed by atoms with Crippen LogP contribution in [0.2, 0.25) is 0 Å². The number of hydrogen-bond acceptors (Lipinski definition) is 4. The van der Waals surface area contributed by atoms with Gasteiger partial charge in [-0.2, -0.15) is 0 Å². The van der Waals surface area contributed by atoms with Crippen molar-refractivity contribution in [1.29, 1.82) is 0 Å². The minimum Gasteiger partial charge on any atom is -0.351 e. The molecule has 3 rings (SSSR count). The van der Waals surface area contributed by atoms with Gasteiger partial charge in [0.25, 0.3) is 11.8 Å². The highest BCUT2D eigenvalue weighted by molar-refractivity contribution is 7.17. The number of likely N-dealkylation sites (N-methyl/N-ethyl adjacent to an activating group) is 2. The van der Waals surface area contributed by atoms with Gasteiger partial charge in [-0.15, -0.1) is 11.3 Å². The first-order valence-electron chi connectivity index (χ1n) is 10.7. The van der Waals surface area contributed by atoms with Crippen LogP contribution < -0.4 is 15.5 Å². The zero-order valence-corrected chi connectivity index (χ0v) is 18.5. The van der Waals surface area contributed by atoms with Gasteiger partial charge in [-0.3, -0.25) is 14.4 Å². The fourth-order valence-corrected chi connectivity index (χ4v) is 5.13. The molecule has 1 aromatic heterocycles. The molecule has 1 atom stereocenters. The van der Waals surface area contributed by atoms with Crippen LogP contribution in [0.1, 0.15) is 53.1 Å². The van der Waals surface area contributed by atoms with Gasteiger partial charge in [0.1, 0.15) is 5.00 Å². The summed E-state index contributed by atoms with van der Waals surface area (Å²) in [6.07, 6.45) is 4.00. The molecule has 3 N–H and O–H groups in total. The summed E-state index contributed by atoms with van der Waals surface area (Å²) in [5.41, 5.74) is 2.38. The number of rotatable bonds is 9. The summed E-state index contributed by atoms with van der Waals surface area (Å²) >= 11 is 1.53. The zero-order valence-electron chi connectivity index (χ0n) is 17.7. The third kappa shape index (κ3) is 5.34. The Kier molecular flexibility index (Phi) is 7.76. The summed E-state index contributed by atoms with van der Waals surface area (Å²) in [4.78, 5) is 40.0. The monoisotopic (exact) mass is 428 g/mol. The maximum Gasteiger partial charge on any atom is 0.280 e. The average Bonchev–Trinajstić information content (AvgIpc) is 3.11. The minimum absolute atomic E-state index is 0.0349. The highest BCUT2D eigenvalue weighted by atomic mass is 32.1. The van der Waals surface area contributed by atoms with Crippen molar-refractivity contribution in [3.63, 3.8) is 0 Å². The smallest absolute Gasteiger partial charge is 0.280 e. The second kappa shape index (κ2) is 10.5. The molecule has 0 spiro atoms. The number of carbonyl (C=O) groups is 3. The molecule has 6 nitrogen and oxygen atoms in total. The van der Waals surface area contributed by atoms with Crippen molar-refractivity contribution in [2.45, 2.75) is 39.5 Å². The third-order valence-electron chi connectivity index (χ3n) is 5.38. The van der Waals surface area contributed by atoms with E-state index in [0.29, 0.717) is 29.2 Å². The van der Waals surface area contributed by atoms with Crippen LogP contribution in [0.25, 0.3) is 0 Å². The Morgan fingerprint density at radius 2 is 1.70 bits per heavy atom. The summed E-state index contributed by atoms with van der Waals surface area (Å²) in [7, 11) is 0. The Morgan fingerprint density at radius 1 is 1.00 bits per heavy atom. The lowest BCUT2D eigenvalue weighted by Crippen LogP contribution is -3.14. The molecule has 1 aliphatic carbocycles. The second-order valence-electron chi connectivity index (χ2n) is 7.57. The van der Waals surface area contributed by atoms with Gasteiger partial charge in [-0.1, -0.05) is 30.3 Å². The lowest BCUT2D eigenvalue weighted by molar-refractivity contribution is -0.881. The molecule has 0 saturated carbocycles. The van der Waals surface area contributed by atoms with Crippen molar-refractivity contribution in [3.8, 4) is 0 Å². The highest BCUT2D eigenvalue weighted by Crippen LogP contribution is 2.39. The maximum absolute atomic E-state index is 13.3. The summed E-state index contributed by atoms with van der Waals surface area (Å²) in [6, 6.07) is 9.23. The number of amides is 2. The van der Waals surface area contributed by atoms with Gasteiger partial charge < -0.3 is 15.5 Å². The summed E-state index contributed by atoms with van der Waals surface area (Å²) in [5.74, 6) is -0.266. The summed E-state index contributed by atoms with van der Waals surface area (Å²) in [6.45, 7) is 5.52. The molecule has 0 fully saturated rings. The van der Waals surface area contributed by atoms with Crippen LogP contribution in [-0.2, 0) is 22.4 Å². The molecule has 7 heteroatoms. The van der Waals surface area contributed by atoms with Gasteiger partial charge >= 0.3 is 0 Å². The standard InChI is InChI=1S/C23H29N3O3S/c1-3-24-19(27)14-26(4-2)15-20(28)25-23-21(17-12-8-9-13-18(17)30-23)22(29)16-10-6-5-7-11-16/h5-7,10-11H,3-4,8-9,12-15H2,1-2H3,(H,24,27)(H,25,28)/p+1. The van der Waals surface area contributed by atoms with E-state index in [1.165, 1.54) is 16.2 Å². The Balaban J connectivity index is 1.80. The Hall–Kier alpha value is -2.51. The zero-order chi connectivity index (χ0) is 21.5. The quantitative estimate of drug-likeness (QED) is 0.533. The number of anilines is 1. The molecule has 0 aliphatic heterocycles. The van der Waals surface area contributed by atoms with E-state index >= 15 is 0 Å². The average molecular weight is 429 g/mol. The van der Waals surface area contributed by atoms with Gasteiger partial charge in [0.05, 0.1) is 12.1 Å². The number of ketones is 1. The predicted octanol–water partition coefficient (Wildman–Crippen LogP) is 1.84. The molecule has 0 saturated heterocycles. The van der Waals surface area contributed by atoms with Gasteiger partial charge in [0.15, 0.2) is 18.9 Å². The van der Waals surface area contributed by atoms with E-state index in [-0.39, 0.29) is 30.7 Å². The number of benzene rings is 1. The van der Waals surface area contributed by atoms with Crippen LogP contribution in [0.4, 0.5) is 5.00 Å². The molecule has 0 bridgehead atoms.